The molecule has 4 nitrogen and oxygen atoms in total. The zero-order valence-electron chi connectivity index (χ0n) is 16.9. The van der Waals surface area contributed by atoms with Gasteiger partial charge in [0.15, 0.2) is 0 Å². The highest BCUT2D eigenvalue weighted by molar-refractivity contribution is 7.18. The highest BCUT2D eigenvalue weighted by Crippen LogP contribution is 2.36. The van der Waals surface area contributed by atoms with Gasteiger partial charge in [0.25, 0.3) is 0 Å². The van der Waals surface area contributed by atoms with Gasteiger partial charge in [-0.3, -0.25) is 0 Å². The molecule has 0 bridgehead atoms. The van der Waals surface area contributed by atoms with E-state index in [-0.39, 0.29) is 17.1 Å². The molecule has 0 aliphatic carbocycles. The largest absolute Gasteiger partial charge is 0.450 e. The quantitative estimate of drug-likeness (QED) is 0.440. The van der Waals surface area contributed by atoms with Gasteiger partial charge >= 0.3 is 11.7 Å². The van der Waals surface area contributed by atoms with Crippen LogP contribution in [0.5, 0.6) is 6.08 Å². The normalized spacial score (nSPS) is 13.3. The van der Waals surface area contributed by atoms with Crippen LogP contribution < -0.4 is 10.4 Å². The smallest absolute Gasteiger partial charge is 0.397 e. The number of hydrogen-bond donors (Lipinski definition) is 0. The summed E-state index contributed by atoms with van der Waals surface area (Å²) >= 11 is 1.58. The molecule has 0 spiro atoms. The van der Waals surface area contributed by atoms with Gasteiger partial charge in [-0.15, -0.1) is 11.3 Å². The molecule has 0 N–H and O–H groups in total. The Morgan fingerprint density at radius 1 is 1.19 bits per heavy atom. The fourth-order valence-electron chi connectivity index (χ4n) is 3.23. The Morgan fingerprint density at radius 2 is 1.88 bits per heavy atom. The highest BCUT2D eigenvalue weighted by atomic mass is 32.1. The molecule has 0 radical (unpaired) electrons. The molecule has 0 saturated heterocycles. The molecular weight excluding hydrogens is 346 g/mol. The molecule has 0 aliphatic rings. The summed E-state index contributed by atoms with van der Waals surface area (Å²) in [6, 6.07) is 1.94. The maximum Gasteiger partial charge on any atom is 0.397 e. The zero-order chi connectivity index (χ0) is 19.2. The number of nitrogens with zero attached hydrogens (tertiary/aromatic N) is 1. The van der Waals surface area contributed by atoms with Crippen LogP contribution in [0.3, 0.4) is 0 Å². The molecule has 0 saturated carbocycles. The van der Waals surface area contributed by atoms with Crippen LogP contribution in [0.25, 0.3) is 10.2 Å². The van der Waals surface area contributed by atoms with E-state index < -0.39 is 0 Å². The standard InChI is InChI=1S/C21H33NO3S/c1-6-7-8-9-10-11-12-24-20-22-18-16(19(23)25-20)13-17(26-18)15(2)14-21(3,4)5/h13,15H,6-12,14H2,1-5H3. The van der Waals surface area contributed by atoms with Gasteiger partial charge in [0.2, 0.25) is 0 Å². The number of rotatable bonds is 10. The molecule has 2 rings (SSSR count). The van der Waals surface area contributed by atoms with Crippen molar-refractivity contribution in [2.45, 2.75) is 85.5 Å². The molecular formula is C21H33NO3S. The summed E-state index contributed by atoms with van der Waals surface area (Å²) in [5.74, 6) is 0.390. The third-order valence-electron chi connectivity index (χ3n) is 4.45. The summed E-state index contributed by atoms with van der Waals surface area (Å²) in [4.78, 5) is 18.6. The molecule has 26 heavy (non-hydrogen) atoms. The van der Waals surface area contributed by atoms with Crippen LogP contribution in [0, 0.1) is 5.41 Å². The van der Waals surface area contributed by atoms with Gasteiger partial charge in [-0.1, -0.05) is 66.7 Å². The number of hydrogen-bond acceptors (Lipinski definition) is 5. The maximum atomic E-state index is 12.2. The molecule has 0 amide bonds. The minimum absolute atomic E-state index is 0.105. The van der Waals surface area contributed by atoms with Crippen LogP contribution in [-0.2, 0) is 0 Å². The number of thiophene rings is 1. The molecule has 2 heterocycles. The van der Waals surface area contributed by atoms with Crippen molar-refractivity contribution in [3.05, 3.63) is 21.4 Å². The third-order valence-corrected chi connectivity index (χ3v) is 5.71. The topological polar surface area (TPSA) is 52.3 Å². The second-order valence-electron chi connectivity index (χ2n) is 8.42. The summed E-state index contributed by atoms with van der Waals surface area (Å²) < 4.78 is 10.8. The third kappa shape index (κ3) is 6.42. The van der Waals surface area contributed by atoms with E-state index in [0.29, 0.717) is 17.9 Å². The molecule has 0 aliphatic heterocycles. The van der Waals surface area contributed by atoms with Gasteiger partial charge in [-0.05, 0) is 30.2 Å². The first-order valence-corrected chi connectivity index (χ1v) is 10.7. The van der Waals surface area contributed by atoms with E-state index in [1.807, 2.05) is 6.07 Å². The summed E-state index contributed by atoms with van der Waals surface area (Å²) in [7, 11) is 0. The molecule has 0 aromatic carbocycles. The number of unbranched alkanes of at least 4 members (excludes halogenated alkanes) is 5. The monoisotopic (exact) mass is 379 g/mol. The number of fused-ring (bicyclic) bond motifs is 1. The van der Waals surface area contributed by atoms with Gasteiger partial charge in [-0.25, -0.2) is 4.79 Å². The predicted molar refractivity (Wildman–Crippen MR) is 110 cm³/mol. The van der Waals surface area contributed by atoms with Gasteiger partial charge < -0.3 is 9.15 Å². The van der Waals surface area contributed by atoms with Crippen LogP contribution in [0.4, 0.5) is 0 Å². The fourth-order valence-corrected chi connectivity index (χ4v) is 4.29. The zero-order valence-corrected chi connectivity index (χ0v) is 17.7. The fraction of sp³-hybridized carbons (Fsp3) is 0.714. The van der Waals surface area contributed by atoms with Gasteiger partial charge in [-0.2, -0.15) is 4.98 Å². The first-order chi connectivity index (χ1) is 12.3. The Hall–Kier alpha value is -1.36. The van der Waals surface area contributed by atoms with E-state index in [2.05, 4.69) is 39.6 Å². The van der Waals surface area contributed by atoms with E-state index in [9.17, 15) is 4.79 Å². The Balaban J connectivity index is 1.97. The summed E-state index contributed by atoms with van der Waals surface area (Å²) in [5, 5.41) is 0.567. The molecule has 1 atom stereocenters. The van der Waals surface area contributed by atoms with Crippen molar-refractivity contribution in [1.82, 2.24) is 4.98 Å². The van der Waals surface area contributed by atoms with Gasteiger partial charge in [0.1, 0.15) is 4.83 Å². The van der Waals surface area contributed by atoms with Crippen LogP contribution in [0.1, 0.15) is 90.4 Å². The lowest BCUT2D eigenvalue weighted by Gasteiger charge is -2.22. The summed E-state index contributed by atoms with van der Waals surface area (Å²) in [6.07, 6.45) is 8.32. The second-order valence-corrected chi connectivity index (χ2v) is 9.48. The van der Waals surface area contributed by atoms with Crippen molar-refractivity contribution < 1.29 is 9.15 Å². The van der Waals surface area contributed by atoms with Gasteiger partial charge in [0.05, 0.1) is 12.0 Å². The molecule has 146 valence electrons. The SMILES string of the molecule is CCCCCCCCOc1nc2sc(C(C)CC(C)(C)C)cc2c(=O)o1. The molecule has 0 fully saturated rings. The lowest BCUT2D eigenvalue weighted by molar-refractivity contribution is 0.211. The van der Waals surface area contributed by atoms with Crippen LogP contribution in [0.15, 0.2) is 15.3 Å². The van der Waals surface area contributed by atoms with Crippen molar-refractivity contribution >= 4 is 21.6 Å². The molecule has 2 aromatic rings. The average Bonchev–Trinajstić information content (AvgIpc) is 2.97. The van der Waals surface area contributed by atoms with E-state index in [4.69, 9.17) is 9.15 Å². The lowest BCUT2D eigenvalue weighted by atomic mass is 9.85. The van der Waals surface area contributed by atoms with Crippen molar-refractivity contribution in [3.63, 3.8) is 0 Å². The Labute approximate surface area is 161 Å². The van der Waals surface area contributed by atoms with Crippen LogP contribution >= 0.6 is 11.3 Å². The molecule has 5 heteroatoms. The molecule has 2 aromatic heterocycles. The number of aromatic nitrogens is 1. The number of ether oxygens (including phenoxy) is 1. The van der Waals surface area contributed by atoms with E-state index in [1.54, 1.807) is 11.3 Å². The average molecular weight is 380 g/mol. The predicted octanol–water partition coefficient (Wildman–Crippen LogP) is 6.53. The molecule has 1 unspecified atom stereocenters. The van der Waals surface area contributed by atoms with E-state index >= 15 is 0 Å². The minimum atomic E-state index is -0.349. The Kier molecular flexibility index (Phi) is 7.69. The van der Waals surface area contributed by atoms with E-state index in [0.717, 1.165) is 24.1 Å². The first-order valence-electron chi connectivity index (χ1n) is 9.87. The highest BCUT2D eigenvalue weighted by Gasteiger charge is 2.20. The van der Waals surface area contributed by atoms with Crippen molar-refractivity contribution in [2.24, 2.45) is 5.41 Å². The Morgan fingerprint density at radius 3 is 2.58 bits per heavy atom. The van der Waals surface area contributed by atoms with Crippen molar-refractivity contribution in [1.29, 1.82) is 0 Å². The van der Waals surface area contributed by atoms with E-state index in [1.165, 1.54) is 30.6 Å². The Bertz CT molecular complexity index is 742. The van der Waals surface area contributed by atoms with Crippen molar-refractivity contribution in [2.75, 3.05) is 6.61 Å². The van der Waals surface area contributed by atoms with Crippen molar-refractivity contribution in [3.8, 4) is 6.08 Å². The summed E-state index contributed by atoms with van der Waals surface area (Å²) in [6.45, 7) is 11.7. The minimum Gasteiger partial charge on any atom is -0.450 e. The second kappa shape index (κ2) is 9.54. The summed E-state index contributed by atoms with van der Waals surface area (Å²) in [5.41, 5.74) is -0.0996. The van der Waals surface area contributed by atoms with Gasteiger partial charge in [0, 0.05) is 4.88 Å². The first kappa shape index (κ1) is 20.9. The lowest BCUT2D eigenvalue weighted by Crippen LogP contribution is -2.09. The van der Waals surface area contributed by atoms with Crippen LogP contribution in [-0.4, -0.2) is 11.6 Å². The maximum absolute atomic E-state index is 12.2. The van der Waals surface area contributed by atoms with Crippen LogP contribution in [0.2, 0.25) is 0 Å².